The predicted molar refractivity (Wildman–Crippen MR) is 45.5 cm³/mol. The standard InChI is InChI=1S/C6H10S2/c1-5(7)4-6(2)8-3/h4H,1-3H3/b6-4+. The van der Waals surface area contributed by atoms with E-state index in [1.807, 2.05) is 19.3 Å². The molecule has 0 aliphatic rings. The van der Waals surface area contributed by atoms with E-state index in [9.17, 15) is 0 Å². The summed E-state index contributed by atoms with van der Waals surface area (Å²) in [5.41, 5.74) is 0. The van der Waals surface area contributed by atoms with Crippen molar-refractivity contribution in [3.05, 3.63) is 11.0 Å². The molecule has 0 radical (unpaired) electrons. The Morgan fingerprint density at radius 1 is 1.50 bits per heavy atom. The Morgan fingerprint density at radius 2 is 2.00 bits per heavy atom. The Balaban J connectivity index is 3.75. The highest BCUT2D eigenvalue weighted by molar-refractivity contribution is 8.02. The first kappa shape index (κ1) is 8.18. The fourth-order valence-electron chi connectivity index (χ4n) is 0.345. The Bertz CT molecular complexity index is 114. The number of rotatable bonds is 2. The largest absolute Gasteiger partial charge is 0.134 e. The first-order chi connectivity index (χ1) is 3.66. The molecule has 0 unspecified atom stereocenters. The summed E-state index contributed by atoms with van der Waals surface area (Å²) in [6.07, 6.45) is 4.05. The maximum Gasteiger partial charge on any atom is 0.0129 e. The third kappa shape index (κ3) is 4.34. The van der Waals surface area contributed by atoms with E-state index in [1.54, 1.807) is 11.8 Å². The second-order valence-corrected chi connectivity index (χ2v) is 3.27. The van der Waals surface area contributed by atoms with Crippen LogP contribution in [0.25, 0.3) is 0 Å². The molecule has 8 heavy (non-hydrogen) atoms. The van der Waals surface area contributed by atoms with Crippen molar-refractivity contribution < 1.29 is 0 Å². The van der Waals surface area contributed by atoms with Gasteiger partial charge in [-0.05, 0) is 31.1 Å². The summed E-state index contributed by atoms with van der Waals surface area (Å²) in [6.45, 7) is 3.98. The predicted octanol–water partition coefficient (Wildman–Crippen LogP) is 2.64. The van der Waals surface area contributed by atoms with Crippen molar-refractivity contribution in [1.82, 2.24) is 0 Å². The van der Waals surface area contributed by atoms with Gasteiger partial charge >= 0.3 is 0 Å². The molecular formula is C6H10S2. The average molecular weight is 146 g/mol. The van der Waals surface area contributed by atoms with E-state index in [0.29, 0.717) is 0 Å². The fourth-order valence-corrected chi connectivity index (χ4v) is 0.891. The lowest BCUT2D eigenvalue weighted by Crippen LogP contribution is -1.76. The molecular weight excluding hydrogens is 136 g/mol. The van der Waals surface area contributed by atoms with Gasteiger partial charge in [0.25, 0.3) is 0 Å². The van der Waals surface area contributed by atoms with Gasteiger partial charge in [-0.25, -0.2) is 0 Å². The van der Waals surface area contributed by atoms with Gasteiger partial charge in [0.05, 0.1) is 0 Å². The third-order valence-corrected chi connectivity index (χ3v) is 1.61. The molecule has 0 saturated heterocycles. The Labute approximate surface area is 60.4 Å². The zero-order valence-electron chi connectivity index (χ0n) is 5.39. The van der Waals surface area contributed by atoms with Crippen molar-refractivity contribution in [2.45, 2.75) is 13.8 Å². The zero-order chi connectivity index (χ0) is 6.57. The summed E-state index contributed by atoms with van der Waals surface area (Å²) in [5.74, 6) is 0. The van der Waals surface area contributed by atoms with Crippen molar-refractivity contribution in [3.8, 4) is 0 Å². The van der Waals surface area contributed by atoms with Crippen molar-refractivity contribution in [1.29, 1.82) is 0 Å². The van der Waals surface area contributed by atoms with Crippen molar-refractivity contribution in [2.75, 3.05) is 6.26 Å². The first-order valence-corrected chi connectivity index (χ1v) is 4.03. The van der Waals surface area contributed by atoms with Crippen LogP contribution in [0.5, 0.6) is 0 Å². The van der Waals surface area contributed by atoms with Crippen LogP contribution in [0.1, 0.15) is 13.8 Å². The van der Waals surface area contributed by atoms with Crippen LogP contribution in [0.3, 0.4) is 0 Å². The molecule has 0 saturated carbocycles. The van der Waals surface area contributed by atoms with E-state index in [0.717, 1.165) is 4.86 Å². The summed E-state index contributed by atoms with van der Waals surface area (Å²) < 4.78 is 0. The smallest absolute Gasteiger partial charge is 0.0129 e. The third-order valence-electron chi connectivity index (χ3n) is 0.729. The van der Waals surface area contributed by atoms with Crippen molar-refractivity contribution in [3.63, 3.8) is 0 Å². The molecule has 0 aliphatic carbocycles. The van der Waals surface area contributed by atoms with Gasteiger partial charge in [0.1, 0.15) is 0 Å². The highest BCUT2D eigenvalue weighted by Gasteiger charge is 1.82. The van der Waals surface area contributed by atoms with Crippen LogP contribution in [0.15, 0.2) is 11.0 Å². The van der Waals surface area contributed by atoms with Crippen LogP contribution < -0.4 is 0 Å². The van der Waals surface area contributed by atoms with E-state index >= 15 is 0 Å². The number of thiocarbonyl (C=S) groups is 1. The van der Waals surface area contributed by atoms with Gasteiger partial charge in [0.15, 0.2) is 0 Å². The highest BCUT2D eigenvalue weighted by Crippen LogP contribution is 2.08. The van der Waals surface area contributed by atoms with Gasteiger partial charge in [-0.1, -0.05) is 12.2 Å². The first-order valence-electron chi connectivity index (χ1n) is 2.39. The molecule has 0 bridgehead atoms. The summed E-state index contributed by atoms with van der Waals surface area (Å²) in [7, 11) is 0. The van der Waals surface area contributed by atoms with Crippen LogP contribution in [0.2, 0.25) is 0 Å². The molecule has 0 nitrogen and oxygen atoms in total. The number of hydrogen-bond donors (Lipinski definition) is 0. The van der Waals surface area contributed by atoms with Gasteiger partial charge in [-0.3, -0.25) is 0 Å². The van der Waals surface area contributed by atoms with Crippen molar-refractivity contribution in [2.24, 2.45) is 0 Å². The monoisotopic (exact) mass is 146 g/mol. The maximum absolute atomic E-state index is 4.85. The summed E-state index contributed by atoms with van der Waals surface area (Å²) in [4.78, 5) is 2.23. The Morgan fingerprint density at radius 3 is 2.12 bits per heavy atom. The molecule has 2 heteroatoms. The molecule has 0 aromatic rings. The minimum absolute atomic E-state index is 0.955. The van der Waals surface area contributed by atoms with Crippen LogP contribution >= 0.6 is 24.0 Å². The molecule has 0 aromatic carbocycles. The van der Waals surface area contributed by atoms with Crippen LogP contribution in [0, 0.1) is 0 Å². The van der Waals surface area contributed by atoms with E-state index in [1.165, 1.54) is 4.91 Å². The Hall–Kier alpha value is 0.180. The molecule has 0 heterocycles. The molecule has 0 fully saturated rings. The lowest BCUT2D eigenvalue weighted by Gasteiger charge is -1.89. The van der Waals surface area contributed by atoms with Crippen LogP contribution in [-0.4, -0.2) is 11.1 Å². The Kier molecular flexibility index (Phi) is 4.19. The minimum atomic E-state index is 0.955. The molecule has 0 N–H and O–H groups in total. The van der Waals surface area contributed by atoms with E-state index in [-0.39, 0.29) is 0 Å². The lowest BCUT2D eigenvalue weighted by atomic mass is 10.4. The van der Waals surface area contributed by atoms with Crippen molar-refractivity contribution >= 4 is 28.8 Å². The number of thioether (sulfide) groups is 1. The molecule has 46 valence electrons. The molecule has 0 rings (SSSR count). The second kappa shape index (κ2) is 4.10. The number of allylic oxidation sites excluding steroid dienone is 2. The second-order valence-electron chi connectivity index (χ2n) is 1.57. The topological polar surface area (TPSA) is 0 Å². The van der Waals surface area contributed by atoms with Gasteiger partial charge in [0, 0.05) is 4.86 Å². The molecule has 0 atom stereocenters. The normalized spacial score (nSPS) is 11.6. The SMILES string of the molecule is CS/C(C)=C/C(C)=S. The van der Waals surface area contributed by atoms with Gasteiger partial charge in [-0.15, -0.1) is 11.8 Å². The van der Waals surface area contributed by atoms with Crippen LogP contribution in [0.4, 0.5) is 0 Å². The van der Waals surface area contributed by atoms with Gasteiger partial charge in [0.2, 0.25) is 0 Å². The number of hydrogen-bond acceptors (Lipinski definition) is 2. The summed E-state index contributed by atoms with van der Waals surface area (Å²) in [5, 5.41) is 0. The minimum Gasteiger partial charge on any atom is -0.134 e. The maximum atomic E-state index is 4.85. The zero-order valence-corrected chi connectivity index (χ0v) is 7.03. The van der Waals surface area contributed by atoms with E-state index in [4.69, 9.17) is 12.2 Å². The van der Waals surface area contributed by atoms with Crippen LogP contribution in [-0.2, 0) is 0 Å². The fraction of sp³-hybridized carbons (Fsp3) is 0.500. The molecule has 0 aliphatic heterocycles. The summed E-state index contributed by atoms with van der Waals surface area (Å²) >= 11 is 6.58. The van der Waals surface area contributed by atoms with E-state index < -0.39 is 0 Å². The molecule has 0 aromatic heterocycles. The van der Waals surface area contributed by atoms with E-state index in [2.05, 4.69) is 6.92 Å². The average Bonchev–Trinajstić information content (AvgIpc) is 1.65. The quantitative estimate of drug-likeness (QED) is 0.434. The highest BCUT2D eigenvalue weighted by atomic mass is 32.2. The van der Waals surface area contributed by atoms with Gasteiger partial charge in [-0.2, -0.15) is 0 Å². The molecule has 0 spiro atoms. The lowest BCUT2D eigenvalue weighted by molar-refractivity contribution is 1.70. The van der Waals surface area contributed by atoms with Gasteiger partial charge < -0.3 is 0 Å². The molecule has 0 amide bonds. The summed E-state index contributed by atoms with van der Waals surface area (Å²) in [6, 6.07) is 0.